The highest BCUT2D eigenvalue weighted by atomic mass is 19.1. The van der Waals surface area contributed by atoms with Crippen molar-refractivity contribution in [2.45, 2.75) is 19.9 Å². The Morgan fingerprint density at radius 2 is 2.05 bits per heavy atom. The van der Waals surface area contributed by atoms with Crippen molar-refractivity contribution in [3.05, 3.63) is 53.6 Å². The fourth-order valence-corrected chi connectivity index (χ4v) is 1.98. The van der Waals surface area contributed by atoms with Crippen LogP contribution in [-0.2, 0) is 0 Å². The number of nitrogens with one attached hydrogen (secondary N) is 1. The van der Waals surface area contributed by atoms with Crippen LogP contribution in [0.25, 0.3) is 0 Å². The van der Waals surface area contributed by atoms with Crippen LogP contribution in [0, 0.1) is 12.9 Å². The third-order valence-electron chi connectivity index (χ3n) is 2.96. The topological polar surface area (TPSA) is 34.1 Å². The van der Waals surface area contributed by atoms with Crippen LogP contribution in [0.4, 0.5) is 10.1 Å². The number of pyridine rings is 1. The molecular weight excluding hydrogens is 243 g/mol. The van der Waals surface area contributed by atoms with Gasteiger partial charge in [0.15, 0.2) is 0 Å². The van der Waals surface area contributed by atoms with Crippen molar-refractivity contribution in [3.8, 4) is 5.75 Å². The third-order valence-corrected chi connectivity index (χ3v) is 2.96. The van der Waals surface area contributed by atoms with Crippen LogP contribution in [0.1, 0.15) is 24.1 Å². The molecule has 0 bridgehead atoms. The van der Waals surface area contributed by atoms with Crippen LogP contribution in [-0.4, -0.2) is 12.1 Å². The summed E-state index contributed by atoms with van der Waals surface area (Å²) in [5, 5.41) is 3.28. The molecule has 0 saturated carbocycles. The fourth-order valence-electron chi connectivity index (χ4n) is 1.98. The summed E-state index contributed by atoms with van der Waals surface area (Å²) in [7, 11) is 1.65. The maximum atomic E-state index is 12.8. The van der Waals surface area contributed by atoms with E-state index in [2.05, 4.69) is 16.4 Å². The normalized spacial score (nSPS) is 12.0. The first kappa shape index (κ1) is 13.3. The van der Waals surface area contributed by atoms with Gasteiger partial charge in [0, 0.05) is 5.56 Å². The summed E-state index contributed by atoms with van der Waals surface area (Å²) < 4.78 is 18.1. The molecule has 100 valence electrons. The van der Waals surface area contributed by atoms with Crippen LogP contribution in [0.5, 0.6) is 5.75 Å². The van der Waals surface area contributed by atoms with E-state index >= 15 is 0 Å². The largest absolute Gasteiger partial charge is 0.496 e. The van der Waals surface area contributed by atoms with E-state index in [1.165, 1.54) is 17.8 Å². The van der Waals surface area contributed by atoms with Crippen molar-refractivity contribution >= 4 is 5.69 Å². The number of aryl methyl sites for hydroxylation is 1. The lowest BCUT2D eigenvalue weighted by Crippen LogP contribution is -2.08. The van der Waals surface area contributed by atoms with Crippen molar-refractivity contribution < 1.29 is 9.13 Å². The van der Waals surface area contributed by atoms with E-state index in [-0.39, 0.29) is 6.04 Å². The summed E-state index contributed by atoms with van der Waals surface area (Å²) >= 11 is 0. The van der Waals surface area contributed by atoms with Gasteiger partial charge in [-0.15, -0.1) is 0 Å². The predicted molar refractivity (Wildman–Crippen MR) is 74.0 cm³/mol. The smallest absolute Gasteiger partial charge is 0.212 e. The maximum absolute atomic E-state index is 12.8. The lowest BCUT2D eigenvalue weighted by atomic mass is 10.0. The van der Waals surface area contributed by atoms with Gasteiger partial charge >= 0.3 is 0 Å². The Morgan fingerprint density at radius 3 is 2.68 bits per heavy atom. The van der Waals surface area contributed by atoms with E-state index in [4.69, 9.17) is 4.74 Å². The number of nitrogens with zero attached hydrogens (tertiary/aromatic N) is 1. The molecule has 0 aliphatic heterocycles. The van der Waals surface area contributed by atoms with Gasteiger partial charge in [0.25, 0.3) is 0 Å². The highest BCUT2D eigenvalue weighted by Crippen LogP contribution is 2.28. The Kier molecular flexibility index (Phi) is 4.00. The van der Waals surface area contributed by atoms with Crippen LogP contribution in [0.3, 0.4) is 0 Å². The molecule has 1 aromatic carbocycles. The lowest BCUT2D eigenvalue weighted by Gasteiger charge is -2.18. The van der Waals surface area contributed by atoms with Gasteiger partial charge in [0.1, 0.15) is 5.75 Å². The monoisotopic (exact) mass is 260 g/mol. The quantitative estimate of drug-likeness (QED) is 0.851. The van der Waals surface area contributed by atoms with Crippen molar-refractivity contribution in [2.24, 2.45) is 0 Å². The molecule has 1 unspecified atom stereocenters. The molecular formula is C15H17FN2O. The van der Waals surface area contributed by atoms with Crippen LogP contribution in [0.2, 0.25) is 0 Å². The molecule has 1 heterocycles. The summed E-state index contributed by atoms with van der Waals surface area (Å²) in [5.74, 6) is 0.354. The van der Waals surface area contributed by atoms with Crippen molar-refractivity contribution in [1.29, 1.82) is 0 Å². The van der Waals surface area contributed by atoms with Crippen LogP contribution in [0.15, 0.2) is 36.5 Å². The summed E-state index contributed by atoms with van der Waals surface area (Å²) in [4.78, 5) is 3.63. The van der Waals surface area contributed by atoms with Gasteiger partial charge in [-0.25, -0.2) is 4.98 Å². The van der Waals surface area contributed by atoms with Crippen LogP contribution >= 0.6 is 0 Å². The Morgan fingerprint density at radius 1 is 1.26 bits per heavy atom. The summed E-state index contributed by atoms with van der Waals surface area (Å²) in [6, 6.07) is 9.08. The molecule has 1 N–H and O–H groups in total. The highest BCUT2D eigenvalue weighted by Gasteiger charge is 2.11. The third kappa shape index (κ3) is 3.22. The van der Waals surface area contributed by atoms with E-state index < -0.39 is 5.95 Å². The minimum absolute atomic E-state index is 0.0436. The van der Waals surface area contributed by atoms with Gasteiger partial charge < -0.3 is 10.1 Å². The molecule has 0 saturated heterocycles. The lowest BCUT2D eigenvalue weighted by molar-refractivity contribution is 0.408. The Labute approximate surface area is 112 Å². The summed E-state index contributed by atoms with van der Waals surface area (Å²) in [6.45, 7) is 4.07. The van der Waals surface area contributed by atoms with E-state index in [1.807, 2.05) is 26.0 Å². The predicted octanol–water partition coefficient (Wildman–Crippen LogP) is 3.71. The molecule has 0 amide bonds. The first-order chi connectivity index (χ1) is 9.10. The average molecular weight is 260 g/mol. The van der Waals surface area contributed by atoms with E-state index in [9.17, 15) is 4.39 Å². The Bertz CT molecular complexity index is 555. The standard InChI is InChI=1S/C15H17FN2O/c1-10-4-6-14(19-3)13(8-10)11(2)18-12-5-7-15(16)17-9-12/h4-9,11,18H,1-3H3. The minimum Gasteiger partial charge on any atom is -0.496 e. The molecule has 1 aromatic heterocycles. The number of hydrogen-bond acceptors (Lipinski definition) is 3. The van der Waals surface area contributed by atoms with Gasteiger partial charge in [-0.05, 0) is 32.0 Å². The van der Waals surface area contributed by atoms with Gasteiger partial charge in [0.2, 0.25) is 5.95 Å². The Balaban J connectivity index is 2.21. The first-order valence-electron chi connectivity index (χ1n) is 6.13. The van der Waals surface area contributed by atoms with E-state index in [0.717, 1.165) is 17.0 Å². The molecule has 0 fully saturated rings. The zero-order valence-corrected chi connectivity index (χ0v) is 11.3. The Hall–Kier alpha value is -2.10. The maximum Gasteiger partial charge on any atom is 0.212 e. The number of ether oxygens (including phenoxy) is 1. The molecule has 19 heavy (non-hydrogen) atoms. The number of hydrogen-bond donors (Lipinski definition) is 1. The number of aromatic nitrogens is 1. The molecule has 4 heteroatoms. The van der Waals surface area contributed by atoms with E-state index in [1.54, 1.807) is 13.2 Å². The second kappa shape index (κ2) is 5.69. The second-order valence-corrected chi connectivity index (χ2v) is 4.48. The number of anilines is 1. The SMILES string of the molecule is COc1ccc(C)cc1C(C)Nc1ccc(F)nc1. The minimum atomic E-state index is -0.480. The molecule has 1 atom stereocenters. The zero-order valence-electron chi connectivity index (χ0n) is 11.3. The molecule has 0 aliphatic rings. The van der Waals surface area contributed by atoms with Gasteiger partial charge in [-0.1, -0.05) is 17.7 Å². The van der Waals surface area contributed by atoms with Gasteiger partial charge in [-0.2, -0.15) is 4.39 Å². The molecule has 2 aromatic rings. The summed E-state index contributed by atoms with van der Waals surface area (Å²) in [5.41, 5.74) is 3.01. The number of rotatable bonds is 4. The molecule has 0 spiro atoms. The first-order valence-corrected chi connectivity index (χ1v) is 6.13. The fraction of sp³-hybridized carbons (Fsp3) is 0.267. The average Bonchev–Trinajstić information content (AvgIpc) is 2.41. The second-order valence-electron chi connectivity index (χ2n) is 4.48. The van der Waals surface area contributed by atoms with Gasteiger partial charge in [0.05, 0.1) is 25.0 Å². The van der Waals surface area contributed by atoms with Crippen LogP contribution < -0.4 is 10.1 Å². The van der Waals surface area contributed by atoms with Crippen molar-refractivity contribution in [1.82, 2.24) is 4.98 Å². The number of halogens is 1. The van der Waals surface area contributed by atoms with Crippen molar-refractivity contribution in [3.63, 3.8) is 0 Å². The molecule has 2 rings (SSSR count). The highest BCUT2D eigenvalue weighted by molar-refractivity contribution is 5.47. The molecule has 0 radical (unpaired) electrons. The zero-order chi connectivity index (χ0) is 13.8. The number of methoxy groups -OCH3 is 1. The van der Waals surface area contributed by atoms with Gasteiger partial charge in [-0.3, -0.25) is 0 Å². The van der Waals surface area contributed by atoms with Crippen molar-refractivity contribution in [2.75, 3.05) is 12.4 Å². The summed E-state index contributed by atoms with van der Waals surface area (Å²) in [6.07, 6.45) is 1.48. The molecule has 3 nitrogen and oxygen atoms in total. The molecule has 0 aliphatic carbocycles. The van der Waals surface area contributed by atoms with E-state index in [0.29, 0.717) is 0 Å². The number of benzene rings is 1.